The highest BCUT2D eigenvalue weighted by molar-refractivity contribution is 7.20. The van der Waals surface area contributed by atoms with Crippen LogP contribution in [0.15, 0.2) is 60.7 Å². The van der Waals surface area contributed by atoms with Gasteiger partial charge in [0, 0.05) is 5.39 Å². The first kappa shape index (κ1) is 22.5. The average Bonchev–Trinajstić information content (AvgIpc) is 3.34. The number of benzene rings is 2. The molecule has 10 heteroatoms. The number of nitrogens with one attached hydrogen (secondary N) is 1. The zero-order chi connectivity index (χ0) is 23.8. The molecule has 0 spiro atoms. The molecule has 170 valence electrons. The summed E-state index contributed by atoms with van der Waals surface area (Å²) >= 11 is 1.16. The minimum Gasteiger partial charge on any atom is -0.448 e. The lowest BCUT2D eigenvalue weighted by Gasteiger charge is -2.16. The lowest BCUT2D eigenvalue weighted by molar-refractivity contribution is -0.137. The highest BCUT2D eigenvalue weighted by Gasteiger charge is 2.34. The molecule has 33 heavy (non-hydrogen) atoms. The summed E-state index contributed by atoms with van der Waals surface area (Å²) in [5.41, 5.74) is 0.160. The number of ether oxygens (including phenoxy) is 1. The van der Waals surface area contributed by atoms with Crippen LogP contribution >= 0.6 is 11.3 Å². The fourth-order valence-electron chi connectivity index (χ4n) is 3.24. The number of anilines is 1. The highest BCUT2D eigenvalue weighted by Crippen LogP contribution is 2.35. The summed E-state index contributed by atoms with van der Waals surface area (Å²) in [7, 11) is 0. The molecule has 0 aliphatic rings. The van der Waals surface area contributed by atoms with Gasteiger partial charge in [0.1, 0.15) is 9.71 Å². The van der Waals surface area contributed by atoms with Crippen LogP contribution in [0.5, 0.6) is 0 Å². The molecule has 0 radical (unpaired) electrons. The van der Waals surface area contributed by atoms with Crippen molar-refractivity contribution in [3.63, 3.8) is 0 Å². The van der Waals surface area contributed by atoms with Gasteiger partial charge in [-0.1, -0.05) is 30.3 Å². The molecule has 0 aliphatic heterocycles. The number of hydrogen-bond donors (Lipinski definition) is 1. The van der Waals surface area contributed by atoms with Crippen molar-refractivity contribution < 1.29 is 27.5 Å². The molecule has 4 rings (SSSR count). The maximum Gasteiger partial charge on any atom is 0.418 e. The number of aryl methyl sites for hydroxylation is 1. The van der Waals surface area contributed by atoms with Crippen molar-refractivity contribution in [1.82, 2.24) is 9.78 Å². The molecule has 1 atom stereocenters. The van der Waals surface area contributed by atoms with E-state index in [1.54, 1.807) is 10.7 Å². The second-order valence-corrected chi connectivity index (χ2v) is 8.27. The Morgan fingerprint density at radius 3 is 2.45 bits per heavy atom. The van der Waals surface area contributed by atoms with Crippen molar-refractivity contribution in [2.75, 3.05) is 5.32 Å². The van der Waals surface area contributed by atoms with Crippen LogP contribution in [-0.2, 0) is 15.7 Å². The second-order valence-electron chi connectivity index (χ2n) is 7.24. The van der Waals surface area contributed by atoms with Gasteiger partial charge in [-0.25, -0.2) is 9.48 Å². The molecule has 6 nitrogen and oxygen atoms in total. The van der Waals surface area contributed by atoms with Gasteiger partial charge >= 0.3 is 12.1 Å². The van der Waals surface area contributed by atoms with E-state index in [1.807, 2.05) is 37.3 Å². The van der Waals surface area contributed by atoms with E-state index >= 15 is 0 Å². The largest absolute Gasteiger partial charge is 0.448 e. The Balaban J connectivity index is 1.51. The molecule has 2 heterocycles. The fourth-order valence-corrected chi connectivity index (χ4v) is 4.30. The van der Waals surface area contributed by atoms with Crippen LogP contribution in [0.4, 0.5) is 18.9 Å². The summed E-state index contributed by atoms with van der Waals surface area (Å²) in [4.78, 5) is 26.1. The van der Waals surface area contributed by atoms with Crippen molar-refractivity contribution in [1.29, 1.82) is 0 Å². The summed E-state index contributed by atoms with van der Waals surface area (Å²) in [6.07, 6.45) is -5.94. The standard InChI is InChI=1S/C23H18F3N3O3S/c1-13-16-12-19(33-21(16)29(28-13)15-8-4-3-5-9-15)22(31)32-14(2)20(30)27-18-11-7-6-10-17(18)23(24,25)26/h3-12,14H,1-2H3,(H,27,30). The van der Waals surface area contributed by atoms with Gasteiger partial charge in [0.05, 0.1) is 22.6 Å². The van der Waals surface area contributed by atoms with Crippen molar-refractivity contribution in [3.05, 3.63) is 76.8 Å². The van der Waals surface area contributed by atoms with Crippen LogP contribution < -0.4 is 5.32 Å². The number of amides is 1. The van der Waals surface area contributed by atoms with E-state index in [0.29, 0.717) is 0 Å². The first-order valence-electron chi connectivity index (χ1n) is 9.88. The van der Waals surface area contributed by atoms with Crippen LogP contribution in [0, 0.1) is 6.92 Å². The molecule has 1 N–H and O–H groups in total. The van der Waals surface area contributed by atoms with E-state index in [-0.39, 0.29) is 4.88 Å². The Morgan fingerprint density at radius 1 is 1.09 bits per heavy atom. The fraction of sp³-hybridized carbons (Fsp3) is 0.174. The zero-order valence-corrected chi connectivity index (χ0v) is 18.3. The predicted molar refractivity (Wildman–Crippen MR) is 119 cm³/mol. The Hall–Kier alpha value is -3.66. The Morgan fingerprint density at radius 2 is 1.76 bits per heavy atom. The third-order valence-electron chi connectivity index (χ3n) is 4.89. The van der Waals surface area contributed by atoms with Gasteiger partial charge in [-0.2, -0.15) is 18.3 Å². The quantitative estimate of drug-likeness (QED) is 0.383. The summed E-state index contributed by atoms with van der Waals surface area (Å²) in [5.74, 6) is -1.62. The van der Waals surface area contributed by atoms with E-state index in [2.05, 4.69) is 10.4 Å². The summed E-state index contributed by atoms with van der Waals surface area (Å²) in [6, 6.07) is 15.6. The first-order valence-corrected chi connectivity index (χ1v) is 10.7. The van der Waals surface area contributed by atoms with Gasteiger partial charge in [0.15, 0.2) is 6.10 Å². The Kier molecular flexibility index (Phi) is 5.94. The van der Waals surface area contributed by atoms with E-state index < -0.39 is 35.4 Å². The number of carbonyl (C=O) groups excluding carboxylic acids is 2. The highest BCUT2D eigenvalue weighted by atomic mass is 32.1. The van der Waals surface area contributed by atoms with Gasteiger partial charge in [0.2, 0.25) is 0 Å². The van der Waals surface area contributed by atoms with Crippen molar-refractivity contribution in [3.8, 4) is 5.69 Å². The third-order valence-corrected chi connectivity index (χ3v) is 5.98. The molecule has 2 aromatic carbocycles. The number of esters is 1. The van der Waals surface area contributed by atoms with Gasteiger partial charge in [-0.3, -0.25) is 4.79 Å². The number of para-hydroxylation sites is 2. The van der Waals surface area contributed by atoms with Crippen molar-refractivity contribution in [2.24, 2.45) is 0 Å². The molecule has 4 aromatic rings. The molecular formula is C23H18F3N3O3S. The maximum absolute atomic E-state index is 13.1. The van der Waals surface area contributed by atoms with Crippen molar-refractivity contribution in [2.45, 2.75) is 26.1 Å². The number of rotatable bonds is 5. The number of hydrogen-bond acceptors (Lipinski definition) is 5. The second kappa shape index (κ2) is 8.70. The molecule has 2 aromatic heterocycles. The lowest BCUT2D eigenvalue weighted by atomic mass is 10.1. The molecule has 0 aliphatic carbocycles. The van der Waals surface area contributed by atoms with E-state index in [9.17, 15) is 22.8 Å². The van der Waals surface area contributed by atoms with Gasteiger partial charge in [-0.05, 0) is 44.2 Å². The van der Waals surface area contributed by atoms with Gasteiger partial charge in [-0.15, -0.1) is 11.3 Å². The minimum absolute atomic E-state index is 0.255. The number of fused-ring (bicyclic) bond motifs is 1. The van der Waals surface area contributed by atoms with Gasteiger partial charge < -0.3 is 10.1 Å². The van der Waals surface area contributed by atoms with Crippen LogP contribution in [0.25, 0.3) is 15.9 Å². The van der Waals surface area contributed by atoms with Crippen LogP contribution in [-0.4, -0.2) is 27.8 Å². The van der Waals surface area contributed by atoms with Crippen LogP contribution in [0.3, 0.4) is 0 Å². The normalized spacial score (nSPS) is 12.5. The topological polar surface area (TPSA) is 73.2 Å². The SMILES string of the molecule is Cc1nn(-c2ccccc2)c2sc(C(=O)OC(C)C(=O)Nc3ccccc3C(F)(F)F)cc12. The average molecular weight is 473 g/mol. The first-order chi connectivity index (χ1) is 15.6. The van der Waals surface area contributed by atoms with Crippen molar-refractivity contribution >= 4 is 39.1 Å². The van der Waals surface area contributed by atoms with E-state index in [1.165, 1.54) is 19.1 Å². The molecular weight excluding hydrogens is 455 g/mol. The monoisotopic (exact) mass is 473 g/mol. The summed E-state index contributed by atoms with van der Waals surface area (Å²) in [6.45, 7) is 3.12. The Labute approximate surface area is 190 Å². The van der Waals surface area contributed by atoms with E-state index in [0.717, 1.165) is 45.1 Å². The van der Waals surface area contributed by atoms with E-state index in [4.69, 9.17) is 4.74 Å². The summed E-state index contributed by atoms with van der Waals surface area (Å²) in [5, 5.41) is 7.46. The minimum atomic E-state index is -4.63. The molecule has 1 amide bonds. The third kappa shape index (κ3) is 4.61. The predicted octanol–water partition coefficient (Wildman–Crippen LogP) is 5.60. The Bertz CT molecular complexity index is 1330. The lowest BCUT2D eigenvalue weighted by Crippen LogP contribution is -2.30. The smallest absolute Gasteiger partial charge is 0.418 e. The zero-order valence-electron chi connectivity index (χ0n) is 17.5. The molecule has 1 unspecified atom stereocenters. The van der Waals surface area contributed by atoms with Crippen LogP contribution in [0.1, 0.15) is 27.9 Å². The molecule has 0 saturated heterocycles. The molecule has 0 saturated carbocycles. The van der Waals surface area contributed by atoms with Crippen LogP contribution in [0.2, 0.25) is 0 Å². The number of halogens is 3. The molecule has 0 bridgehead atoms. The number of carbonyl (C=O) groups is 2. The molecule has 0 fully saturated rings. The maximum atomic E-state index is 13.1. The van der Waals surface area contributed by atoms with Gasteiger partial charge in [0.25, 0.3) is 5.91 Å². The number of nitrogens with zero attached hydrogens (tertiary/aromatic N) is 2. The number of thiophene rings is 1. The summed E-state index contributed by atoms with van der Waals surface area (Å²) < 4.78 is 46.4. The number of aromatic nitrogens is 2. The number of alkyl halides is 3.